The molecule has 2 heteroatoms. The molecule has 2 nitrogen and oxygen atoms in total. The molecule has 0 aliphatic heterocycles. The van der Waals surface area contributed by atoms with E-state index in [1.54, 1.807) is 0 Å². The fourth-order valence-electron chi connectivity index (χ4n) is 2.14. The van der Waals surface area contributed by atoms with Crippen LogP contribution in [0.1, 0.15) is 29.7 Å². The van der Waals surface area contributed by atoms with E-state index in [-0.39, 0.29) is 12.6 Å². The Balaban J connectivity index is 2.17. The average Bonchev–Trinajstić information content (AvgIpc) is 2.47. The maximum atomic E-state index is 9.60. The van der Waals surface area contributed by atoms with Crippen LogP contribution in [0.25, 0.3) is 0 Å². The lowest BCUT2D eigenvalue weighted by atomic mass is 10.0. The highest BCUT2D eigenvalue weighted by Crippen LogP contribution is 2.22. The smallest absolute Gasteiger partial charge is 0.0745 e. The van der Waals surface area contributed by atoms with Crippen LogP contribution in [0, 0.1) is 6.92 Å². The van der Waals surface area contributed by atoms with Gasteiger partial charge in [-0.15, -0.1) is 0 Å². The molecule has 0 amide bonds. The van der Waals surface area contributed by atoms with Gasteiger partial charge in [-0.2, -0.15) is 0 Å². The fourth-order valence-corrected chi connectivity index (χ4v) is 2.14. The monoisotopic (exact) mass is 255 g/mol. The van der Waals surface area contributed by atoms with E-state index in [4.69, 9.17) is 0 Å². The van der Waals surface area contributed by atoms with E-state index in [0.29, 0.717) is 0 Å². The van der Waals surface area contributed by atoms with Gasteiger partial charge in [-0.25, -0.2) is 0 Å². The summed E-state index contributed by atoms with van der Waals surface area (Å²) in [6.45, 7) is 4.29. The first kappa shape index (κ1) is 13.6. The highest BCUT2D eigenvalue weighted by Gasteiger charge is 2.10. The second-order valence-corrected chi connectivity index (χ2v) is 4.79. The molecule has 0 bridgehead atoms. The second-order valence-electron chi connectivity index (χ2n) is 4.79. The number of rotatable bonds is 5. The maximum Gasteiger partial charge on any atom is 0.0745 e. The molecule has 1 atom stereocenters. The zero-order valence-electron chi connectivity index (χ0n) is 11.6. The first-order chi connectivity index (χ1) is 9.24. The average molecular weight is 255 g/mol. The first-order valence-corrected chi connectivity index (χ1v) is 6.76. The third kappa shape index (κ3) is 3.36. The summed E-state index contributed by atoms with van der Waals surface area (Å²) < 4.78 is 0. The van der Waals surface area contributed by atoms with Gasteiger partial charge < -0.3 is 10.4 Å². The summed E-state index contributed by atoms with van der Waals surface area (Å²) in [7, 11) is 0. The Hall–Kier alpha value is -1.80. The zero-order valence-corrected chi connectivity index (χ0v) is 11.6. The van der Waals surface area contributed by atoms with Gasteiger partial charge in [0.2, 0.25) is 0 Å². The molecule has 100 valence electrons. The van der Waals surface area contributed by atoms with Gasteiger partial charge in [-0.1, -0.05) is 49.4 Å². The molecular weight excluding hydrogens is 234 g/mol. The van der Waals surface area contributed by atoms with Gasteiger partial charge >= 0.3 is 0 Å². The SMILES string of the molecule is CCc1ccc(C(CO)Nc2ccccc2C)cc1. The maximum absolute atomic E-state index is 9.60. The number of para-hydroxylation sites is 1. The molecule has 0 spiro atoms. The number of aryl methyl sites for hydroxylation is 2. The number of nitrogens with one attached hydrogen (secondary N) is 1. The van der Waals surface area contributed by atoms with Crippen LogP contribution >= 0.6 is 0 Å². The summed E-state index contributed by atoms with van der Waals surface area (Å²) in [5.74, 6) is 0. The Morgan fingerprint density at radius 3 is 2.32 bits per heavy atom. The van der Waals surface area contributed by atoms with E-state index >= 15 is 0 Å². The molecular formula is C17H21NO. The van der Waals surface area contributed by atoms with Crippen LogP contribution < -0.4 is 5.32 Å². The van der Waals surface area contributed by atoms with Crippen LogP contribution in [0.4, 0.5) is 5.69 Å². The lowest BCUT2D eigenvalue weighted by Crippen LogP contribution is -2.15. The molecule has 0 aromatic heterocycles. The normalized spacial score (nSPS) is 12.2. The zero-order chi connectivity index (χ0) is 13.7. The van der Waals surface area contributed by atoms with Crippen molar-refractivity contribution in [1.29, 1.82) is 0 Å². The molecule has 19 heavy (non-hydrogen) atoms. The second kappa shape index (κ2) is 6.39. The third-order valence-corrected chi connectivity index (χ3v) is 3.45. The van der Waals surface area contributed by atoms with Crippen LogP contribution in [0.3, 0.4) is 0 Å². The van der Waals surface area contributed by atoms with Crippen LogP contribution in [-0.4, -0.2) is 11.7 Å². The van der Waals surface area contributed by atoms with Crippen molar-refractivity contribution in [3.8, 4) is 0 Å². The van der Waals surface area contributed by atoms with Crippen LogP contribution in [0.2, 0.25) is 0 Å². The van der Waals surface area contributed by atoms with Crippen molar-refractivity contribution in [2.24, 2.45) is 0 Å². The Morgan fingerprint density at radius 2 is 1.74 bits per heavy atom. The molecule has 2 aromatic carbocycles. The molecule has 2 rings (SSSR count). The van der Waals surface area contributed by atoms with E-state index in [2.05, 4.69) is 49.5 Å². The minimum atomic E-state index is -0.0630. The third-order valence-electron chi connectivity index (χ3n) is 3.45. The van der Waals surface area contributed by atoms with Crippen LogP contribution in [0.15, 0.2) is 48.5 Å². The van der Waals surface area contributed by atoms with Crippen LogP contribution in [-0.2, 0) is 6.42 Å². The quantitative estimate of drug-likeness (QED) is 0.853. The van der Waals surface area contributed by atoms with Crippen molar-refractivity contribution in [3.05, 3.63) is 65.2 Å². The Kier molecular flexibility index (Phi) is 4.58. The highest BCUT2D eigenvalue weighted by atomic mass is 16.3. The van der Waals surface area contributed by atoms with Crippen molar-refractivity contribution in [3.63, 3.8) is 0 Å². The van der Waals surface area contributed by atoms with E-state index in [1.165, 1.54) is 11.1 Å². The number of anilines is 1. The van der Waals surface area contributed by atoms with E-state index < -0.39 is 0 Å². The van der Waals surface area contributed by atoms with Crippen molar-refractivity contribution >= 4 is 5.69 Å². The summed E-state index contributed by atoms with van der Waals surface area (Å²) in [6.07, 6.45) is 1.04. The highest BCUT2D eigenvalue weighted by molar-refractivity contribution is 5.52. The lowest BCUT2D eigenvalue weighted by Gasteiger charge is -2.19. The summed E-state index contributed by atoms with van der Waals surface area (Å²) in [6, 6.07) is 16.5. The van der Waals surface area contributed by atoms with E-state index in [0.717, 1.165) is 17.7 Å². The summed E-state index contributed by atoms with van der Waals surface area (Å²) in [4.78, 5) is 0. The molecule has 0 aliphatic rings. The van der Waals surface area contributed by atoms with Crippen molar-refractivity contribution < 1.29 is 5.11 Å². The van der Waals surface area contributed by atoms with Gasteiger partial charge in [0.25, 0.3) is 0 Å². The molecule has 0 heterocycles. The van der Waals surface area contributed by atoms with E-state index in [1.807, 2.05) is 18.2 Å². The Labute approximate surface area is 115 Å². The molecule has 0 fully saturated rings. The summed E-state index contributed by atoms with van der Waals surface area (Å²) in [5.41, 5.74) is 4.69. The summed E-state index contributed by atoms with van der Waals surface area (Å²) in [5, 5.41) is 13.0. The Bertz CT molecular complexity index is 519. The molecule has 0 saturated heterocycles. The van der Waals surface area contributed by atoms with Gasteiger partial charge in [0.1, 0.15) is 0 Å². The standard InChI is InChI=1S/C17H21NO/c1-3-14-8-10-15(11-9-14)17(12-19)18-16-7-5-4-6-13(16)2/h4-11,17-19H,3,12H2,1-2H3. The molecule has 2 aromatic rings. The van der Waals surface area contributed by atoms with Crippen LogP contribution in [0.5, 0.6) is 0 Å². The van der Waals surface area contributed by atoms with Crippen molar-refractivity contribution in [1.82, 2.24) is 0 Å². The number of hydrogen-bond donors (Lipinski definition) is 2. The fraction of sp³-hybridized carbons (Fsp3) is 0.294. The van der Waals surface area contributed by atoms with Gasteiger partial charge in [0.05, 0.1) is 12.6 Å². The van der Waals surface area contributed by atoms with Gasteiger partial charge in [0.15, 0.2) is 0 Å². The van der Waals surface area contributed by atoms with Gasteiger partial charge in [-0.3, -0.25) is 0 Å². The molecule has 1 unspecified atom stereocenters. The molecule has 2 N–H and O–H groups in total. The predicted molar refractivity (Wildman–Crippen MR) is 80.4 cm³/mol. The van der Waals surface area contributed by atoms with E-state index in [9.17, 15) is 5.11 Å². The number of benzene rings is 2. The number of hydrogen-bond acceptors (Lipinski definition) is 2. The molecule has 0 aliphatic carbocycles. The lowest BCUT2D eigenvalue weighted by molar-refractivity contribution is 0.276. The van der Waals surface area contributed by atoms with Gasteiger partial charge in [-0.05, 0) is 36.1 Å². The minimum absolute atomic E-state index is 0.0630. The number of aliphatic hydroxyl groups is 1. The largest absolute Gasteiger partial charge is 0.394 e. The molecule has 0 saturated carbocycles. The topological polar surface area (TPSA) is 32.3 Å². The van der Waals surface area contributed by atoms with Crippen molar-refractivity contribution in [2.75, 3.05) is 11.9 Å². The molecule has 0 radical (unpaired) electrons. The predicted octanol–water partition coefficient (Wildman–Crippen LogP) is 3.70. The number of aliphatic hydroxyl groups excluding tert-OH is 1. The first-order valence-electron chi connectivity index (χ1n) is 6.76. The van der Waals surface area contributed by atoms with Gasteiger partial charge in [0, 0.05) is 5.69 Å². The summed E-state index contributed by atoms with van der Waals surface area (Å²) >= 11 is 0. The minimum Gasteiger partial charge on any atom is -0.394 e. The van der Waals surface area contributed by atoms with Crippen molar-refractivity contribution in [2.45, 2.75) is 26.3 Å². The Morgan fingerprint density at radius 1 is 1.05 bits per heavy atom.